The van der Waals surface area contributed by atoms with E-state index < -0.39 is 0 Å². The van der Waals surface area contributed by atoms with E-state index in [9.17, 15) is 0 Å². The lowest BCUT2D eigenvalue weighted by molar-refractivity contribution is 0.0260. The molecule has 2 N–H and O–H groups in total. The summed E-state index contributed by atoms with van der Waals surface area (Å²) in [4.78, 5) is 0. The molecule has 2 rings (SSSR count). The van der Waals surface area contributed by atoms with E-state index in [1.54, 1.807) is 0 Å². The number of hydrogen-bond donors (Lipinski definition) is 1. The van der Waals surface area contributed by atoms with Crippen molar-refractivity contribution >= 4 is 0 Å². The van der Waals surface area contributed by atoms with Crippen LogP contribution in [0, 0.1) is 0 Å². The van der Waals surface area contributed by atoms with Gasteiger partial charge in [-0.3, -0.25) is 0 Å². The van der Waals surface area contributed by atoms with Crippen LogP contribution in [0.2, 0.25) is 0 Å². The van der Waals surface area contributed by atoms with Crippen LogP contribution < -0.4 is 5.73 Å². The monoisotopic (exact) mass is 143 g/mol. The molecule has 2 atom stereocenters. The molecule has 3 heteroatoms. The summed E-state index contributed by atoms with van der Waals surface area (Å²) >= 11 is 0. The van der Waals surface area contributed by atoms with Crippen molar-refractivity contribution in [3.8, 4) is 0 Å². The molecule has 10 heavy (non-hydrogen) atoms. The van der Waals surface area contributed by atoms with Gasteiger partial charge in [-0.1, -0.05) is 0 Å². The van der Waals surface area contributed by atoms with Gasteiger partial charge in [-0.15, -0.1) is 0 Å². The Morgan fingerprint density at radius 3 is 2.60 bits per heavy atom. The Kier molecular flexibility index (Phi) is 1.64. The third-order valence-corrected chi connectivity index (χ3v) is 1.96. The summed E-state index contributed by atoms with van der Waals surface area (Å²) in [6, 6.07) is 0.112. The van der Waals surface area contributed by atoms with Crippen molar-refractivity contribution in [2.75, 3.05) is 13.2 Å². The zero-order valence-electron chi connectivity index (χ0n) is 5.95. The van der Waals surface area contributed by atoms with E-state index in [1.807, 2.05) is 0 Å². The van der Waals surface area contributed by atoms with Crippen LogP contribution in [0.15, 0.2) is 0 Å². The molecule has 2 fully saturated rings. The first-order valence-electron chi connectivity index (χ1n) is 3.85. The maximum atomic E-state index is 5.71. The molecule has 1 aliphatic carbocycles. The van der Waals surface area contributed by atoms with Gasteiger partial charge < -0.3 is 15.2 Å². The normalized spacial score (nSPS) is 40.5. The van der Waals surface area contributed by atoms with Crippen molar-refractivity contribution < 1.29 is 9.47 Å². The third kappa shape index (κ3) is 1.31. The number of rotatable bonds is 2. The Bertz CT molecular complexity index is 125. The summed E-state index contributed by atoms with van der Waals surface area (Å²) in [5.41, 5.74) is 5.71. The average Bonchev–Trinajstić information content (AvgIpc) is 2.62. The van der Waals surface area contributed by atoms with Crippen LogP contribution in [-0.2, 0) is 9.47 Å². The molecule has 0 radical (unpaired) electrons. The summed E-state index contributed by atoms with van der Waals surface area (Å²) in [6.07, 6.45) is 3.09. The fourth-order valence-corrected chi connectivity index (χ4v) is 1.14. The summed E-state index contributed by atoms with van der Waals surface area (Å²) < 4.78 is 10.7. The predicted molar refractivity (Wildman–Crippen MR) is 36.7 cm³/mol. The standard InChI is InChI=1S/C7H13NO2/c8-6-3-9-4-7(6)10-5-1-2-5/h5-7H,1-4,8H2. The van der Waals surface area contributed by atoms with E-state index >= 15 is 0 Å². The van der Waals surface area contributed by atoms with Crippen LogP contribution in [0.3, 0.4) is 0 Å². The second-order valence-electron chi connectivity index (χ2n) is 3.08. The van der Waals surface area contributed by atoms with Crippen LogP contribution in [-0.4, -0.2) is 31.5 Å². The molecule has 1 saturated carbocycles. The van der Waals surface area contributed by atoms with Gasteiger partial charge in [-0.25, -0.2) is 0 Å². The molecule has 0 spiro atoms. The minimum absolute atomic E-state index is 0.112. The quantitative estimate of drug-likeness (QED) is 0.586. The first-order chi connectivity index (χ1) is 4.86. The summed E-state index contributed by atoms with van der Waals surface area (Å²) in [5.74, 6) is 0. The molecule has 0 aromatic carbocycles. The molecule has 2 unspecified atom stereocenters. The fraction of sp³-hybridized carbons (Fsp3) is 1.00. The maximum Gasteiger partial charge on any atom is 0.0985 e. The zero-order valence-corrected chi connectivity index (χ0v) is 5.95. The Morgan fingerprint density at radius 2 is 2.10 bits per heavy atom. The molecule has 0 aromatic rings. The van der Waals surface area contributed by atoms with Crippen molar-refractivity contribution in [1.29, 1.82) is 0 Å². The van der Waals surface area contributed by atoms with Gasteiger partial charge in [-0.2, -0.15) is 0 Å². The molecule has 1 aliphatic heterocycles. The van der Waals surface area contributed by atoms with Crippen molar-refractivity contribution in [1.82, 2.24) is 0 Å². The first kappa shape index (κ1) is 6.58. The highest BCUT2D eigenvalue weighted by atomic mass is 16.6. The lowest BCUT2D eigenvalue weighted by Gasteiger charge is -2.12. The highest BCUT2D eigenvalue weighted by Gasteiger charge is 2.32. The smallest absolute Gasteiger partial charge is 0.0985 e. The molecule has 0 bridgehead atoms. The Balaban J connectivity index is 1.79. The van der Waals surface area contributed by atoms with Crippen LogP contribution in [0.1, 0.15) is 12.8 Å². The topological polar surface area (TPSA) is 44.5 Å². The highest BCUT2D eigenvalue weighted by molar-refractivity contribution is 4.83. The molecule has 1 heterocycles. The Hall–Kier alpha value is -0.120. The average molecular weight is 143 g/mol. The second-order valence-corrected chi connectivity index (χ2v) is 3.08. The lowest BCUT2D eigenvalue weighted by Crippen LogP contribution is -2.35. The summed E-state index contributed by atoms with van der Waals surface area (Å²) in [7, 11) is 0. The number of ether oxygens (including phenoxy) is 2. The summed E-state index contributed by atoms with van der Waals surface area (Å²) in [6.45, 7) is 1.36. The number of nitrogens with two attached hydrogens (primary N) is 1. The number of hydrogen-bond acceptors (Lipinski definition) is 3. The molecule has 0 aromatic heterocycles. The van der Waals surface area contributed by atoms with Crippen molar-refractivity contribution in [3.63, 3.8) is 0 Å². The van der Waals surface area contributed by atoms with Crippen LogP contribution in [0.25, 0.3) is 0 Å². The fourth-order valence-electron chi connectivity index (χ4n) is 1.14. The predicted octanol–water partition coefficient (Wildman–Crippen LogP) is -0.109. The second kappa shape index (κ2) is 2.49. The molecule has 3 nitrogen and oxygen atoms in total. The van der Waals surface area contributed by atoms with E-state index in [-0.39, 0.29) is 12.1 Å². The summed E-state index contributed by atoms with van der Waals surface area (Å²) in [5, 5.41) is 0. The molecule has 58 valence electrons. The Morgan fingerprint density at radius 1 is 1.30 bits per heavy atom. The Labute approximate surface area is 60.5 Å². The van der Waals surface area contributed by atoms with E-state index in [2.05, 4.69) is 0 Å². The molecular weight excluding hydrogens is 130 g/mol. The van der Waals surface area contributed by atoms with Crippen molar-refractivity contribution in [3.05, 3.63) is 0 Å². The highest BCUT2D eigenvalue weighted by Crippen LogP contribution is 2.26. The minimum Gasteiger partial charge on any atom is -0.377 e. The molecular formula is C7H13NO2. The minimum atomic E-state index is 0.112. The van der Waals surface area contributed by atoms with Gasteiger partial charge >= 0.3 is 0 Å². The van der Waals surface area contributed by atoms with Gasteiger partial charge in [0.1, 0.15) is 0 Å². The van der Waals surface area contributed by atoms with Gasteiger partial charge in [0.2, 0.25) is 0 Å². The lowest BCUT2D eigenvalue weighted by atomic mass is 10.2. The van der Waals surface area contributed by atoms with Gasteiger partial charge in [0.15, 0.2) is 0 Å². The van der Waals surface area contributed by atoms with E-state index in [0.29, 0.717) is 19.3 Å². The van der Waals surface area contributed by atoms with Gasteiger partial charge in [0.05, 0.1) is 31.5 Å². The third-order valence-electron chi connectivity index (χ3n) is 1.96. The van der Waals surface area contributed by atoms with Gasteiger partial charge in [0, 0.05) is 0 Å². The van der Waals surface area contributed by atoms with Crippen LogP contribution in [0.5, 0.6) is 0 Å². The first-order valence-corrected chi connectivity index (χ1v) is 3.85. The van der Waals surface area contributed by atoms with Gasteiger partial charge in [-0.05, 0) is 12.8 Å². The van der Waals surface area contributed by atoms with Crippen molar-refractivity contribution in [2.45, 2.75) is 31.1 Å². The van der Waals surface area contributed by atoms with Crippen LogP contribution >= 0.6 is 0 Å². The van der Waals surface area contributed by atoms with Crippen LogP contribution in [0.4, 0.5) is 0 Å². The molecule has 2 aliphatic rings. The van der Waals surface area contributed by atoms with E-state index in [1.165, 1.54) is 12.8 Å². The molecule has 1 saturated heterocycles. The largest absolute Gasteiger partial charge is 0.377 e. The SMILES string of the molecule is NC1COCC1OC1CC1. The zero-order chi connectivity index (χ0) is 6.97. The maximum absolute atomic E-state index is 5.71. The van der Waals surface area contributed by atoms with Crippen molar-refractivity contribution in [2.24, 2.45) is 5.73 Å². The van der Waals surface area contributed by atoms with Gasteiger partial charge in [0.25, 0.3) is 0 Å². The van der Waals surface area contributed by atoms with E-state index in [4.69, 9.17) is 15.2 Å². The van der Waals surface area contributed by atoms with E-state index in [0.717, 1.165) is 0 Å². The molecule has 0 amide bonds.